The van der Waals surface area contributed by atoms with Crippen molar-refractivity contribution in [3.05, 3.63) is 0 Å². The minimum Gasteiger partial charge on any atom is -0.466 e. The molecular weight excluding hydrogens is 240 g/mol. The fourth-order valence-corrected chi connectivity index (χ4v) is 2.08. The van der Waals surface area contributed by atoms with Crippen LogP contribution in [0.2, 0.25) is 0 Å². The number of unbranched alkanes of at least 4 members (excludes halogenated alkanes) is 9. The van der Waals surface area contributed by atoms with Crippen molar-refractivity contribution in [1.82, 2.24) is 0 Å². The summed E-state index contributed by atoms with van der Waals surface area (Å²) < 4.78 is 4.97. The lowest BCUT2D eigenvalue weighted by atomic mass is 10.1. The van der Waals surface area contributed by atoms with Crippen LogP contribution in [0.1, 0.15) is 84.0 Å². The van der Waals surface area contributed by atoms with Gasteiger partial charge in [0.15, 0.2) is 0 Å². The average Bonchev–Trinajstić information content (AvgIpc) is 2.41. The third-order valence-electron chi connectivity index (χ3n) is 3.30. The van der Waals surface area contributed by atoms with E-state index >= 15 is 0 Å². The second kappa shape index (κ2) is 15.5. The molecule has 0 spiro atoms. The van der Waals surface area contributed by atoms with Gasteiger partial charge in [-0.25, -0.2) is 0 Å². The fourth-order valence-electron chi connectivity index (χ4n) is 2.08. The highest BCUT2D eigenvalue weighted by Gasteiger charge is 2.01. The molecule has 0 bridgehead atoms. The van der Waals surface area contributed by atoms with Gasteiger partial charge < -0.3 is 9.84 Å². The fraction of sp³-hybridized carbons (Fsp3) is 0.938. The normalized spacial score (nSPS) is 10.6. The largest absolute Gasteiger partial charge is 0.466 e. The van der Waals surface area contributed by atoms with Crippen LogP contribution in [0.5, 0.6) is 0 Å². The molecule has 0 aliphatic heterocycles. The van der Waals surface area contributed by atoms with E-state index in [1.54, 1.807) is 0 Å². The molecule has 0 aromatic heterocycles. The highest BCUT2D eigenvalue weighted by molar-refractivity contribution is 5.69. The van der Waals surface area contributed by atoms with Gasteiger partial charge in [-0.2, -0.15) is 0 Å². The van der Waals surface area contributed by atoms with Gasteiger partial charge in [-0.3, -0.25) is 4.79 Å². The molecule has 1 N–H and O–H groups in total. The molecule has 0 amide bonds. The molecule has 0 fully saturated rings. The van der Waals surface area contributed by atoms with Crippen LogP contribution in [0.4, 0.5) is 0 Å². The van der Waals surface area contributed by atoms with E-state index in [2.05, 4.69) is 6.92 Å². The maximum Gasteiger partial charge on any atom is 0.305 e. The van der Waals surface area contributed by atoms with E-state index in [1.807, 2.05) is 0 Å². The number of hydrogen-bond donors (Lipinski definition) is 1. The third-order valence-corrected chi connectivity index (χ3v) is 3.30. The zero-order chi connectivity index (χ0) is 14.2. The van der Waals surface area contributed by atoms with Crippen LogP contribution >= 0.6 is 0 Å². The topological polar surface area (TPSA) is 46.5 Å². The van der Waals surface area contributed by atoms with E-state index in [0.29, 0.717) is 19.4 Å². The van der Waals surface area contributed by atoms with Crippen LogP contribution in [0, 0.1) is 0 Å². The lowest BCUT2D eigenvalue weighted by molar-refractivity contribution is -0.144. The minimum absolute atomic E-state index is 0.0888. The summed E-state index contributed by atoms with van der Waals surface area (Å²) in [6.07, 6.45) is 13.8. The van der Waals surface area contributed by atoms with Gasteiger partial charge in [0.1, 0.15) is 0 Å². The molecule has 0 aromatic rings. The molecule has 0 aromatic carbocycles. The smallest absolute Gasteiger partial charge is 0.305 e. The summed E-state index contributed by atoms with van der Waals surface area (Å²) in [5.41, 5.74) is 0. The van der Waals surface area contributed by atoms with E-state index in [1.165, 1.54) is 51.4 Å². The summed E-state index contributed by atoms with van der Waals surface area (Å²) in [4.78, 5) is 11.2. The maximum atomic E-state index is 11.2. The summed E-state index contributed by atoms with van der Waals surface area (Å²) in [6, 6.07) is 0. The average molecular weight is 272 g/mol. The lowest BCUT2D eigenvalue weighted by Crippen LogP contribution is -2.06. The first kappa shape index (κ1) is 18.4. The number of ether oxygens (including phenoxy) is 1. The predicted octanol–water partition coefficient (Wildman–Crippen LogP) is 4.22. The molecule has 0 atom stereocenters. The number of aliphatic hydroxyl groups is 1. The molecule has 0 heterocycles. The van der Waals surface area contributed by atoms with E-state index in [-0.39, 0.29) is 12.6 Å². The number of carbonyl (C=O) groups excluding carboxylic acids is 1. The number of aliphatic hydroxyl groups excluding tert-OH is 1. The Bertz CT molecular complexity index is 192. The van der Waals surface area contributed by atoms with Crippen molar-refractivity contribution < 1.29 is 14.6 Å². The Labute approximate surface area is 118 Å². The third kappa shape index (κ3) is 15.4. The molecule has 0 aliphatic carbocycles. The highest BCUT2D eigenvalue weighted by atomic mass is 16.5. The van der Waals surface area contributed by atoms with Crippen molar-refractivity contribution in [2.24, 2.45) is 0 Å². The second-order valence-electron chi connectivity index (χ2n) is 5.23. The quantitative estimate of drug-likeness (QED) is 0.380. The molecule has 0 saturated heterocycles. The minimum atomic E-state index is -0.118. The van der Waals surface area contributed by atoms with Crippen LogP contribution in [0.25, 0.3) is 0 Å². The molecule has 0 saturated carbocycles. The van der Waals surface area contributed by atoms with E-state index in [0.717, 1.165) is 12.8 Å². The summed E-state index contributed by atoms with van der Waals surface area (Å²) in [7, 11) is 0. The first-order chi connectivity index (χ1) is 9.31. The standard InChI is InChI=1S/C16H32O3/c1-2-3-4-5-6-7-8-9-10-11-13-16(18)19-15-12-14-17/h17H,2-15H2,1H3. The Kier molecular flexibility index (Phi) is 15.0. The zero-order valence-corrected chi connectivity index (χ0v) is 12.7. The Morgan fingerprint density at radius 3 is 1.89 bits per heavy atom. The van der Waals surface area contributed by atoms with Gasteiger partial charge >= 0.3 is 5.97 Å². The summed E-state index contributed by atoms with van der Waals surface area (Å²) >= 11 is 0. The number of rotatable bonds is 14. The van der Waals surface area contributed by atoms with Gasteiger partial charge in [0.2, 0.25) is 0 Å². The predicted molar refractivity (Wildman–Crippen MR) is 79.1 cm³/mol. The Morgan fingerprint density at radius 1 is 0.842 bits per heavy atom. The van der Waals surface area contributed by atoms with Crippen molar-refractivity contribution in [2.45, 2.75) is 84.0 Å². The van der Waals surface area contributed by atoms with Gasteiger partial charge in [0, 0.05) is 19.4 Å². The van der Waals surface area contributed by atoms with Gasteiger partial charge in [-0.05, 0) is 6.42 Å². The van der Waals surface area contributed by atoms with Crippen LogP contribution in [-0.2, 0) is 9.53 Å². The number of carbonyl (C=O) groups is 1. The Balaban J connectivity index is 3.07. The summed E-state index contributed by atoms with van der Waals surface area (Å²) in [5.74, 6) is -0.118. The Hall–Kier alpha value is -0.570. The SMILES string of the molecule is CCCCCCCCCCCCC(=O)OCCCO. The molecule has 114 valence electrons. The van der Waals surface area contributed by atoms with E-state index in [9.17, 15) is 4.79 Å². The highest BCUT2D eigenvalue weighted by Crippen LogP contribution is 2.11. The van der Waals surface area contributed by atoms with Crippen molar-refractivity contribution >= 4 is 5.97 Å². The van der Waals surface area contributed by atoms with Crippen molar-refractivity contribution in [2.75, 3.05) is 13.2 Å². The second-order valence-corrected chi connectivity index (χ2v) is 5.23. The van der Waals surface area contributed by atoms with Gasteiger partial charge in [-0.15, -0.1) is 0 Å². The van der Waals surface area contributed by atoms with Crippen LogP contribution < -0.4 is 0 Å². The van der Waals surface area contributed by atoms with Gasteiger partial charge in [0.05, 0.1) is 6.61 Å². The molecule has 0 aliphatic rings. The van der Waals surface area contributed by atoms with Crippen LogP contribution in [-0.4, -0.2) is 24.3 Å². The van der Waals surface area contributed by atoms with Gasteiger partial charge in [0.25, 0.3) is 0 Å². The molecular formula is C16H32O3. The first-order valence-electron chi connectivity index (χ1n) is 8.07. The Morgan fingerprint density at radius 2 is 1.37 bits per heavy atom. The lowest BCUT2D eigenvalue weighted by Gasteiger charge is -2.04. The van der Waals surface area contributed by atoms with Gasteiger partial charge in [-0.1, -0.05) is 64.7 Å². The van der Waals surface area contributed by atoms with Crippen molar-refractivity contribution in [3.8, 4) is 0 Å². The van der Waals surface area contributed by atoms with Crippen LogP contribution in [0.3, 0.4) is 0 Å². The number of esters is 1. The van der Waals surface area contributed by atoms with E-state index < -0.39 is 0 Å². The molecule has 3 heteroatoms. The zero-order valence-electron chi connectivity index (χ0n) is 12.7. The molecule has 0 rings (SSSR count). The van der Waals surface area contributed by atoms with E-state index in [4.69, 9.17) is 9.84 Å². The van der Waals surface area contributed by atoms with Crippen molar-refractivity contribution in [1.29, 1.82) is 0 Å². The number of hydrogen-bond acceptors (Lipinski definition) is 3. The molecule has 3 nitrogen and oxygen atoms in total. The molecule has 0 unspecified atom stereocenters. The van der Waals surface area contributed by atoms with Crippen LogP contribution in [0.15, 0.2) is 0 Å². The first-order valence-corrected chi connectivity index (χ1v) is 8.07. The van der Waals surface area contributed by atoms with Crippen molar-refractivity contribution in [3.63, 3.8) is 0 Å². The summed E-state index contributed by atoms with van der Waals surface area (Å²) in [6.45, 7) is 2.69. The molecule has 0 radical (unpaired) electrons. The maximum absolute atomic E-state index is 11.2. The monoisotopic (exact) mass is 272 g/mol. The molecule has 19 heavy (non-hydrogen) atoms. The summed E-state index contributed by atoms with van der Waals surface area (Å²) in [5, 5.41) is 8.55.